The molecular formula is C25H23ClN2O4. The third kappa shape index (κ3) is 3.34. The third-order valence-electron chi connectivity index (χ3n) is 7.14. The molecule has 0 radical (unpaired) electrons. The van der Waals surface area contributed by atoms with Gasteiger partial charge in [0.05, 0.1) is 11.8 Å². The van der Waals surface area contributed by atoms with E-state index in [1.807, 2.05) is 19.1 Å². The van der Waals surface area contributed by atoms with Crippen LogP contribution < -0.4 is 0 Å². The zero-order chi connectivity index (χ0) is 22.6. The van der Waals surface area contributed by atoms with E-state index in [2.05, 4.69) is 0 Å². The first kappa shape index (κ1) is 20.9. The van der Waals surface area contributed by atoms with Crippen LogP contribution in [0.4, 0.5) is 0 Å². The maximum atomic E-state index is 13.4. The van der Waals surface area contributed by atoms with Crippen molar-refractivity contribution in [2.24, 2.45) is 23.7 Å². The fourth-order valence-electron chi connectivity index (χ4n) is 5.57. The van der Waals surface area contributed by atoms with E-state index in [4.69, 9.17) is 11.6 Å². The molecule has 1 saturated heterocycles. The number of halogens is 1. The van der Waals surface area contributed by atoms with Gasteiger partial charge in [-0.15, -0.1) is 0 Å². The highest BCUT2D eigenvalue weighted by Crippen LogP contribution is 2.56. The number of hydrazine groups is 1. The summed E-state index contributed by atoms with van der Waals surface area (Å²) in [5, 5.41) is 2.46. The number of fused-ring (bicyclic) bond motifs is 5. The molecular weight excluding hydrogens is 428 g/mol. The molecule has 164 valence electrons. The molecule has 0 N–H and O–H groups in total. The van der Waals surface area contributed by atoms with Crippen LogP contribution in [0.5, 0.6) is 0 Å². The van der Waals surface area contributed by atoms with E-state index in [1.54, 1.807) is 24.3 Å². The molecule has 5 rings (SSSR count). The first-order chi connectivity index (χ1) is 15.3. The van der Waals surface area contributed by atoms with Crippen LogP contribution in [0.25, 0.3) is 0 Å². The smallest absolute Gasteiger partial charge is 0.273 e. The molecule has 3 amide bonds. The Morgan fingerprint density at radius 3 is 2.00 bits per heavy atom. The van der Waals surface area contributed by atoms with Crippen LogP contribution in [-0.4, -0.2) is 40.1 Å². The fourth-order valence-corrected chi connectivity index (χ4v) is 5.70. The van der Waals surface area contributed by atoms with Crippen molar-refractivity contribution in [3.8, 4) is 0 Å². The Kier molecular flexibility index (Phi) is 5.13. The van der Waals surface area contributed by atoms with Crippen LogP contribution in [0.1, 0.15) is 45.5 Å². The van der Waals surface area contributed by atoms with Gasteiger partial charge in [0.25, 0.3) is 17.7 Å². The number of hydrogen-bond acceptors (Lipinski definition) is 4. The average Bonchev–Trinajstić information content (AvgIpc) is 3.47. The summed E-state index contributed by atoms with van der Waals surface area (Å²) in [6.07, 6.45) is 2.77. The molecule has 0 unspecified atom stereocenters. The van der Waals surface area contributed by atoms with E-state index in [9.17, 15) is 19.2 Å². The molecule has 2 aromatic rings. The van der Waals surface area contributed by atoms with Gasteiger partial charge in [-0.05, 0) is 62.3 Å². The molecule has 32 heavy (non-hydrogen) atoms. The summed E-state index contributed by atoms with van der Waals surface area (Å²) in [6.45, 7) is 1.52. The summed E-state index contributed by atoms with van der Waals surface area (Å²) in [6, 6.07) is 13.2. The van der Waals surface area contributed by atoms with E-state index in [-0.39, 0.29) is 46.8 Å². The van der Waals surface area contributed by atoms with Gasteiger partial charge in [-0.2, -0.15) is 5.01 Å². The van der Waals surface area contributed by atoms with Crippen LogP contribution in [0, 0.1) is 30.6 Å². The van der Waals surface area contributed by atoms with Crippen LogP contribution in [0.15, 0.2) is 48.5 Å². The van der Waals surface area contributed by atoms with Crippen molar-refractivity contribution in [3.05, 3.63) is 70.2 Å². The number of nitrogens with zero attached hydrogens (tertiary/aromatic N) is 2. The number of carbonyl (C=O) groups excluding carboxylic acids is 4. The fraction of sp³-hybridized carbons (Fsp3) is 0.360. The van der Waals surface area contributed by atoms with Crippen molar-refractivity contribution >= 4 is 35.1 Å². The molecule has 0 spiro atoms. The first-order valence-corrected chi connectivity index (χ1v) is 11.3. The van der Waals surface area contributed by atoms with Crippen molar-refractivity contribution < 1.29 is 19.2 Å². The largest absolute Gasteiger partial charge is 0.292 e. The minimum absolute atomic E-state index is 0.187. The highest BCUT2D eigenvalue weighted by Gasteiger charge is 2.62. The third-order valence-corrected chi connectivity index (χ3v) is 7.39. The number of imide groups is 1. The summed E-state index contributed by atoms with van der Waals surface area (Å²) in [7, 11) is 0. The van der Waals surface area contributed by atoms with Crippen molar-refractivity contribution in [3.63, 3.8) is 0 Å². The lowest BCUT2D eigenvalue weighted by molar-refractivity contribution is -0.154. The van der Waals surface area contributed by atoms with E-state index < -0.39 is 12.5 Å². The first-order valence-electron chi connectivity index (χ1n) is 10.9. The molecule has 2 aliphatic carbocycles. The Morgan fingerprint density at radius 1 is 0.906 bits per heavy atom. The lowest BCUT2D eigenvalue weighted by Gasteiger charge is -2.30. The minimum Gasteiger partial charge on any atom is -0.292 e. The SMILES string of the molecule is Cc1ccc(C(=O)CN(C(=O)c2ccc(Cl)cc2)N2C(=O)[C@@H]3[C@H]4CC[C@@H](C4)[C@@H]3C2=O)cc1. The quantitative estimate of drug-likeness (QED) is 0.511. The van der Waals surface area contributed by atoms with Crippen molar-refractivity contribution in [2.45, 2.75) is 26.2 Å². The number of Topliss-reactive ketones (excluding diaryl/α,β-unsaturated/α-hetero) is 1. The zero-order valence-corrected chi connectivity index (χ0v) is 18.4. The lowest BCUT2D eigenvalue weighted by atomic mass is 9.81. The average molecular weight is 451 g/mol. The standard InChI is InChI=1S/C25H23ClN2O4/c1-14-2-4-15(5-3-14)20(29)13-27(23(30)16-8-10-19(26)11-9-16)28-24(31)21-17-6-7-18(12-17)22(21)25(28)32/h2-5,8-11,17-18,21-22H,6-7,12-13H2,1H3/t17-,18-,21-,22+/m0/s1. The van der Waals surface area contributed by atoms with Gasteiger partial charge in [-0.3, -0.25) is 19.2 Å². The van der Waals surface area contributed by atoms with Gasteiger partial charge in [0.2, 0.25) is 0 Å². The zero-order valence-electron chi connectivity index (χ0n) is 17.7. The minimum atomic E-state index is -0.573. The highest BCUT2D eigenvalue weighted by molar-refractivity contribution is 6.30. The second-order valence-electron chi connectivity index (χ2n) is 9.03. The Morgan fingerprint density at radius 2 is 1.44 bits per heavy atom. The van der Waals surface area contributed by atoms with Gasteiger partial charge in [-0.1, -0.05) is 41.4 Å². The van der Waals surface area contributed by atoms with Gasteiger partial charge < -0.3 is 0 Å². The molecule has 2 aromatic carbocycles. The molecule has 2 bridgehead atoms. The van der Waals surface area contributed by atoms with E-state index in [0.717, 1.165) is 34.8 Å². The Bertz CT molecular complexity index is 1080. The van der Waals surface area contributed by atoms with Crippen LogP contribution >= 0.6 is 11.6 Å². The predicted octanol–water partition coefficient (Wildman–Crippen LogP) is 3.92. The molecule has 3 fully saturated rings. The van der Waals surface area contributed by atoms with Crippen LogP contribution in [-0.2, 0) is 9.59 Å². The number of ketones is 1. The second kappa shape index (κ2) is 7.85. The second-order valence-corrected chi connectivity index (χ2v) is 9.47. The van der Waals surface area contributed by atoms with Crippen molar-refractivity contribution in [1.29, 1.82) is 0 Å². The maximum absolute atomic E-state index is 13.4. The molecule has 6 nitrogen and oxygen atoms in total. The van der Waals surface area contributed by atoms with Gasteiger partial charge in [-0.25, -0.2) is 5.01 Å². The normalized spacial score (nSPS) is 25.9. The molecule has 0 aromatic heterocycles. The number of benzene rings is 2. The lowest BCUT2D eigenvalue weighted by Crippen LogP contribution is -2.52. The monoisotopic (exact) mass is 450 g/mol. The number of rotatable bonds is 5. The summed E-state index contributed by atoms with van der Waals surface area (Å²) >= 11 is 5.95. The number of aryl methyl sites for hydroxylation is 1. The molecule has 1 aliphatic heterocycles. The molecule has 1 heterocycles. The Labute approximate surface area is 191 Å². The summed E-state index contributed by atoms with van der Waals surface area (Å²) in [5.74, 6) is -2.01. The van der Waals surface area contributed by atoms with Gasteiger partial charge in [0.1, 0.15) is 6.54 Å². The summed E-state index contributed by atoms with van der Waals surface area (Å²) in [5.41, 5.74) is 1.68. The Hall–Kier alpha value is -2.99. The van der Waals surface area contributed by atoms with Crippen LogP contribution in [0.3, 0.4) is 0 Å². The topological polar surface area (TPSA) is 74.8 Å². The molecule has 4 atom stereocenters. The molecule has 3 aliphatic rings. The number of amides is 3. The van der Waals surface area contributed by atoms with Crippen molar-refractivity contribution in [1.82, 2.24) is 10.0 Å². The van der Waals surface area contributed by atoms with Crippen LogP contribution in [0.2, 0.25) is 5.02 Å². The van der Waals surface area contributed by atoms with E-state index in [1.165, 1.54) is 12.1 Å². The van der Waals surface area contributed by atoms with Gasteiger partial charge in [0.15, 0.2) is 5.78 Å². The van der Waals surface area contributed by atoms with Gasteiger partial charge in [0, 0.05) is 16.1 Å². The summed E-state index contributed by atoms with van der Waals surface area (Å²) < 4.78 is 0. The number of hydrogen-bond donors (Lipinski definition) is 0. The molecule has 2 saturated carbocycles. The van der Waals surface area contributed by atoms with E-state index >= 15 is 0 Å². The molecule has 7 heteroatoms. The van der Waals surface area contributed by atoms with Crippen molar-refractivity contribution in [2.75, 3.05) is 6.54 Å². The summed E-state index contributed by atoms with van der Waals surface area (Å²) in [4.78, 5) is 53.2. The number of carbonyl (C=O) groups is 4. The Balaban J connectivity index is 1.49. The maximum Gasteiger partial charge on any atom is 0.273 e. The van der Waals surface area contributed by atoms with Gasteiger partial charge >= 0.3 is 0 Å². The van der Waals surface area contributed by atoms with E-state index in [0.29, 0.717) is 10.6 Å². The predicted molar refractivity (Wildman–Crippen MR) is 118 cm³/mol. The highest BCUT2D eigenvalue weighted by atomic mass is 35.5.